The molecule has 2 rings (SSSR count). The summed E-state index contributed by atoms with van der Waals surface area (Å²) in [5.41, 5.74) is 2.30. The highest BCUT2D eigenvalue weighted by atomic mass is 16.2. The molecule has 1 aliphatic carbocycles. The van der Waals surface area contributed by atoms with E-state index < -0.39 is 0 Å². The fourth-order valence-corrected chi connectivity index (χ4v) is 3.00. The zero-order valence-electron chi connectivity index (χ0n) is 12.9. The monoisotopic (exact) mass is 274 g/mol. The van der Waals surface area contributed by atoms with Crippen molar-refractivity contribution in [3.63, 3.8) is 0 Å². The molecule has 0 N–H and O–H groups in total. The Morgan fingerprint density at radius 2 is 2.10 bits per heavy atom. The number of pyridine rings is 1. The standard InChI is InChI=1S/C17H26N2O/c1-13-9-10-18-16(11-13)12-14(2)19(3)17(20)15-7-5-4-6-8-15/h9-11,14-15H,4-8,12H2,1-3H3. The van der Waals surface area contributed by atoms with Gasteiger partial charge in [0.1, 0.15) is 0 Å². The minimum atomic E-state index is 0.207. The maximum atomic E-state index is 12.5. The van der Waals surface area contributed by atoms with Crippen molar-refractivity contribution in [3.05, 3.63) is 29.6 Å². The van der Waals surface area contributed by atoms with Crippen LogP contribution in [0.15, 0.2) is 18.3 Å². The predicted molar refractivity (Wildman–Crippen MR) is 81.5 cm³/mol. The second-order valence-electron chi connectivity index (χ2n) is 6.16. The third-order valence-electron chi connectivity index (χ3n) is 4.44. The first-order chi connectivity index (χ1) is 9.58. The molecule has 3 heteroatoms. The molecule has 0 radical (unpaired) electrons. The molecule has 1 aromatic rings. The van der Waals surface area contributed by atoms with Crippen LogP contribution < -0.4 is 0 Å². The van der Waals surface area contributed by atoms with Gasteiger partial charge in [-0.05, 0) is 44.4 Å². The lowest BCUT2D eigenvalue weighted by molar-refractivity contribution is -0.137. The summed E-state index contributed by atoms with van der Waals surface area (Å²) in [6.07, 6.45) is 8.51. The third-order valence-corrected chi connectivity index (χ3v) is 4.44. The highest BCUT2D eigenvalue weighted by molar-refractivity contribution is 5.79. The Hall–Kier alpha value is -1.38. The summed E-state index contributed by atoms with van der Waals surface area (Å²) in [5.74, 6) is 0.575. The molecular weight excluding hydrogens is 248 g/mol. The van der Waals surface area contributed by atoms with Gasteiger partial charge in [-0.1, -0.05) is 19.3 Å². The zero-order valence-corrected chi connectivity index (χ0v) is 12.9. The van der Waals surface area contributed by atoms with Gasteiger partial charge in [-0.2, -0.15) is 0 Å². The average molecular weight is 274 g/mol. The second kappa shape index (κ2) is 6.87. The van der Waals surface area contributed by atoms with Gasteiger partial charge in [-0.25, -0.2) is 0 Å². The van der Waals surface area contributed by atoms with Crippen LogP contribution in [0.4, 0.5) is 0 Å². The average Bonchev–Trinajstić information content (AvgIpc) is 2.46. The normalized spacial score (nSPS) is 17.8. The molecule has 1 heterocycles. The molecule has 0 spiro atoms. The Labute approximate surface area is 122 Å². The van der Waals surface area contributed by atoms with Crippen LogP contribution >= 0.6 is 0 Å². The van der Waals surface area contributed by atoms with Gasteiger partial charge < -0.3 is 4.90 Å². The fraction of sp³-hybridized carbons (Fsp3) is 0.647. The van der Waals surface area contributed by atoms with E-state index in [0.717, 1.165) is 25.0 Å². The summed E-state index contributed by atoms with van der Waals surface area (Å²) in [7, 11) is 1.94. The number of likely N-dealkylation sites (N-methyl/N-ethyl adjacent to an activating group) is 1. The van der Waals surface area contributed by atoms with Gasteiger partial charge in [-0.3, -0.25) is 9.78 Å². The molecule has 0 bridgehead atoms. The molecule has 1 atom stereocenters. The van der Waals surface area contributed by atoms with Gasteiger partial charge in [0.25, 0.3) is 0 Å². The molecule has 1 fully saturated rings. The third kappa shape index (κ3) is 3.81. The first-order valence-corrected chi connectivity index (χ1v) is 7.76. The van der Waals surface area contributed by atoms with E-state index >= 15 is 0 Å². The van der Waals surface area contributed by atoms with Crippen molar-refractivity contribution in [1.29, 1.82) is 0 Å². The Kier molecular flexibility index (Phi) is 5.16. The van der Waals surface area contributed by atoms with Crippen LogP contribution in [0.2, 0.25) is 0 Å². The molecule has 1 aliphatic rings. The number of amides is 1. The smallest absolute Gasteiger partial charge is 0.225 e. The minimum absolute atomic E-state index is 0.207. The quantitative estimate of drug-likeness (QED) is 0.843. The summed E-state index contributed by atoms with van der Waals surface area (Å²) in [6.45, 7) is 4.19. The summed E-state index contributed by atoms with van der Waals surface area (Å²) < 4.78 is 0. The lowest BCUT2D eigenvalue weighted by Gasteiger charge is -2.30. The highest BCUT2D eigenvalue weighted by Crippen LogP contribution is 2.25. The van der Waals surface area contributed by atoms with Crippen LogP contribution in [0.3, 0.4) is 0 Å². The van der Waals surface area contributed by atoms with Crippen molar-refractivity contribution in [2.45, 2.75) is 58.4 Å². The van der Waals surface area contributed by atoms with Crippen molar-refractivity contribution in [1.82, 2.24) is 9.88 Å². The molecule has 3 nitrogen and oxygen atoms in total. The number of carbonyl (C=O) groups is 1. The number of rotatable bonds is 4. The van der Waals surface area contributed by atoms with Crippen molar-refractivity contribution in [2.24, 2.45) is 5.92 Å². The van der Waals surface area contributed by atoms with Crippen molar-refractivity contribution in [3.8, 4) is 0 Å². The SMILES string of the molecule is Cc1ccnc(CC(C)N(C)C(=O)C2CCCCC2)c1. The van der Waals surface area contributed by atoms with E-state index in [1.165, 1.54) is 24.8 Å². The Morgan fingerprint density at radius 3 is 2.75 bits per heavy atom. The van der Waals surface area contributed by atoms with Crippen LogP contribution in [0, 0.1) is 12.8 Å². The van der Waals surface area contributed by atoms with Gasteiger partial charge >= 0.3 is 0 Å². The van der Waals surface area contributed by atoms with E-state index in [1.54, 1.807) is 0 Å². The Morgan fingerprint density at radius 1 is 1.40 bits per heavy atom. The lowest BCUT2D eigenvalue weighted by Crippen LogP contribution is -2.41. The summed E-state index contributed by atoms with van der Waals surface area (Å²) in [6, 6.07) is 4.32. The number of hydrogen-bond acceptors (Lipinski definition) is 2. The first-order valence-electron chi connectivity index (χ1n) is 7.76. The van der Waals surface area contributed by atoms with Crippen LogP contribution in [-0.2, 0) is 11.2 Å². The molecule has 0 aliphatic heterocycles. The topological polar surface area (TPSA) is 33.2 Å². The van der Waals surface area contributed by atoms with Gasteiger partial charge in [0.05, 0.1) is 0 Å². The minimum Gasteiger partial charge on any atom is -0.342 e. The summed E-state index contributed by atoms with van der Waals surface area (Å²) >= 11 is 0. The van der Waals surface area contributed by atoms with Gasteiger partial charge in [0.2, 0.25) is 5.91 Å². The number of aromatic nitrogens is 1. The van der Waals surface area contributed by atoms with Crippen LogP contribution in [0.25, 0.3) is 0 Å². The molecule has 20 heavy (non-hydrogen) atoms. The lowest BCUT2D eigenvalue weighted by atomic mass is 9.88. The van der Waals surface area contributed by atoms with Gasteiger partial charge in [0.15, 0.2) is 0 Å². The van der Waals surface area contributed by atoms with E-state index in [2.05, 4.69) is 24.9 Å². The van der Waals surface area contributed by atoms with E-state index in [0.29, 0.717) is 5.91 Å². The van der Waals surface area contributed by atoms with E-state index in [-0.39, 0.29) is 12.0 Å². The molecule has 0 saturated heterocycles. The Balaban J connectivity index is 1.93. The second-order valence-corrected chi connectivity index (χ2v) is 6.16. The summed E-state index contributed by atoms with van der Waals surface area (Å²) in [5, 5.41) is 0. The van der Waals surface area contributed by atoms with Crippen molar-refractivity contribution >= 4 is 5.91 Å². The molecule has 1 saturated carbocycles. The largest absolute Gasteiger partial charge is 0.342 e. The van der Waals surface area contributed by atoms with Crippen LogP contribution in [0.5, 0.6) is 0 Å². The first kappa shape index (κ1) is 15.0. The fourth-order valence-electron chi connectivity index (χ4n) is 3.00. The maximum Gasteiger partial charge on any atom is 0.225 e. The van der Waals surface area contributed by atoms with Crippen molar-refractivity contribution < 1.29 is 4.79 Å². The Bertz CT molecular complexity index is 452. The number of aryl methyl sites for hydroxylation is 1. The number of hydrogen-bond donors (Lipinski definition) is 0. The molecular formula is C17H26N2O. The molecule has 1 unspecified atom stereocenters. The molecule has 1 amide bonds. The van der Waals surface area contributed by atoms with Crippen LogP contribution in [-0.4, -0.2) is 28.9 Å². The summed E-state index contributed by atoms with van der Waals surface area (Å²) in [4.78, 5) is 18.8. The van der Waals surface area contributed by atoms with Crippen molar-refractivity contribution in [2.75, 3.05) is 7.05 Å². The molecule has 0 aromatic carbocycles. The molecule has 110 valence electrons. The number of carbonyl (C=O) groups excluding carboxylic acids is 1. The zero-order chi connectivity index (χ0) is 14.5. The number of nitrogens with zero attached hydrogens (tertiary/aromatic N) is 2. The van der Waals surface area contributed by atoms with Gasteiger partial charge in [-0.15, -0.1) is 0 Å². The van der Waals surface area contributed by atoms with Gasteiger partial charge in [0, 0.05) is 37.3 Å². The van der Waals surface area contributed by atoms with E-state index in [1.807, 2.05) is 24.2 Å². The maximum absolute atomic E-state index is 12.5. The molecule has 1 aromatic heterocycles. The van der Waals surface area contributed by atoms with E-state index in [4.69, 9.17) is 0 Å². The van der Waals surface area contributed by atoms with E-state index in [9.17, 15) is 4.79 Å². The van der Waals surface area contributed by atoms with Crippen LogP contribution in [0.1, 0.15) is 50.3 Å². The highest BCUT2D eigenvalue weighted by Gasteiger charge is 2.26. The predicted octanol–water partition coefficient (Wildman–Crippen LogP) is 3.36.